The molecule has 0 aromatic carbocycles. The molecule has 0 N–H and O–H groups in total. The Morgan fingerprint density at radius 2 is 2.05 bits per heavy atom. The number of nitrogens with zero attached hydrogens (tertiary/aromatic N) is 2. The molecule has 1 fully saturated rings. The van der Waals surface area contributed by atoms with Crippen LogP contribution in [-0.2, 0) is 16.1 Å². The van der Waals surface area contributed by atoms with Crippen molar-refractivity contribution >= 4 is 27.8 Å². The molecule has 6 heteroatoms. The Hall–Kier alpha value is -1.30. The van der Waals surface area contributed by atoms with Crippen LogP contribution in [0, 0.1) is 5.92 Å². The van der Waals surface area contributed by atoms with E-state index >= 15 is 0 Å². The summed E-state index contributed by atoms with van der Waals surface area (Å²) in [5.41, 5.74) is 0.691. The maximum Gasteiger partial charge on any atom is 0.308 e. The zero-order chi connectivity index (χ0) is 14.7. The number of piperidine rings is 1. The first kappa shape index (κ1) is 15.1. The van der Waals surface area contributed by atoms with E-state index < -0.39 is 0 Å². The average Bonchev–Trinajstić information content (AvgIpc) is 2.87. The maximum atomic E-state index is 12.5. The van der Waals surface area contributed by atoms with Gasteiger partial charge in [0.05, 0.1) is 13.0 Å². The van der Waals surface area contributed by atoms with Gasteiger partial charge in [0, 0.05) is 30.3 Å². The highest BCUT2D eigenvalue weighted by molar-refractivity contribution is 9.10. The van der Waals surface area contributed by atoms with E-state index in [1.54, 1.807) is 0 Å². The van der Waals surface area contributed by atoms with Gasteiger partial charge in [-0.15, -0.1) is 0 Å². The number of halogens is 1. The van der Waals surface area contributed by atoms with E-state index in [0.29, 0.717) is 31.6 Å². The van der Waals surface area contributed by atoms with Crippen LogP contribution in [0.2, 0.25) is 0 Å². The van der Waals surface area contributed by atoms with Crippen LogP contribution in [0.15, 0.2) is 16.7 Å². The molecule has 1 aliphatic rings. The monoisotopic (exact) mass is 342 g/mol. The van der Waals surface area contributed by atoms with Gasteiger partial charge in [-0.25, -0.2) is 0 Å². The van der Waals surface area contributed by atoms with Crippen molar-refractivity contribution in [2.75, 3.05) is 20.2 Å². The van der Waals surface area contributed by atoms with E-state index in [4.69, 9.17) is 4.74 Å². The second-order valence-corrected chi connectivity index (χ2v) is 5.83. The van der Waals surface area contributed by atoms with Gasteiger partial charge in [-0.1, -0.05) is 0 Å². The number of carbonyl (C=O) groups is 2. The quantitative estimate of drug-likeness (QED) is 0.792. The highest BCUT2D eigenvalue weighted by atomic mass is 79.9. The summed E-state index contributed by atoms with van der Waals surface area (Å²) in [6.07, 6.45) is 3.26. The minimum atomic E-state index is -0.170. The number of rotatable bonds is 3. The smallest absolute Gasteiger partial charge is 0.308 e. The van der Waals surface area contributed by atoms with Crippen LogP contribution in [0.25, 0.3) is 0 Å². The molecule has 1 aromatic heterocycles. The fourth-order valence-electron chi connectivity index (χ4n) is 2.56. The molecule has 0 atom stereocenters. The predicted molar refractivity (Wildman–Crippen MR) is 78.4 cm³/mol. The third-order valence-electron chi connectivity index (χ3n) is 3.74. The molecule has 0 aliphatic carbocycles. The predicted octanol–water partition coefficient (Wildman–Crippen LogP) is 2.30. The first-order valence-electron chi connectivity index (χ1n) is 6.79. The Kier molecular flexibility index (Phi) is 4.86. The van der Waals surface area contributed by atoms with Crippen LogP contribution in [0.4, 0.5) is 0 Å². The Morgan fingerprint density at radius 3 is 2.60 bits per heavy atom. The third kappa shape index (κ3) is 3.06. The Balaban J connectivity index is 2.03. The molecular formula is C14H19BrN2O3. The second-order valence-electron chi connectivity index (χ2n) is 4.92. The van der Waals surface area contributed by atoms with E-state index in [1.807, 2.05) is 28.7 Å². The average molecular weight is 343 g/mol. The highest BCUT2D eigenvalue weighted by Crippen LogP contribution is 2.22. The molecule has 0 radical (unpaired) electrons. The number of esters is 1. The number of carbonyl (C=O) groups excluding carboxylic acids is 2. The summed E-state index contributed by atoms with van der Waals surface area (Å²) in [7, 11) is 1.41. The molecule has 1 aromatic rings. The Labute approximate surface area is 127 Å². The molecule has 0 spiro atoms. The lowest BCUT2D eigenvalue weighted by molar-refractivity contribution is -0.146. The molecule has 110 valence electrons. The van der Waals surface area contributed by atoms with E-state index in [0.717, 1.165) is 11.0 Å². The topological polar surface area (TPSA) is 51.5 Å². The largest absolute Gasteiger partial charge is 0.469 e. The van der Waals surface area contributed by atoms with Crippen molar-refractivity contribution < 1.29 is 14.3 Å². The standard InChI is InChI=1S/C14H19BrN2O3/c1-3-16-9-11(15)8-12(16)13(18)17-6-4-10(5-7-17)14(19)20-2/h8-10H,3-7H2,1-2H3. The van der Waals surface area contributed by atoms with Crippen LogP contribution in [0.3, 0.4) is 0 Å². The van der Waals surface area contributed by atoms with Gasteiger partial charge in [0.1, 0.15) is 5.69 Å². The van der Waals surface area contributed by atoms with Crippen molar-refractivity contribution in [2.45, 2.75) is 26.3 Å². The fourth-order valence-corrected chi connectivity index (χ4v) is 3.03. The van der Waals surface area contributed by atoms with Gasteiger partial charge in [0.2, 0.25) is 0 Å². The number of aryl methyl sites for hydroxylation is 1. The van der Waals surface area contributed by atoms with Gasteiger partial charge >= 0.3 is 5.97 Å². The Morgan fingerprint density at radius 1 is 1.40 bits per heavy atom. The zero-order valence-electron chi connectivity index (χ0n) is 11.8. The lowest BCUT2D eigenvalue weighted by Gasteiger charge is -2.30. The van der Waals surface area contributed by atoms with E-state index in [1.165, 1.54) is 7.11 Å². The lowest BCUT2D eigenvalue weighted by Crippen LogP contribution is -2.41. The van der Waals surface area contributed by atoms with Gasteiger partial charge < -0.3 is 14.2 Å². The van der Waals surface area contributed by atoms with Crippen molar-refractivity contribution in [1.29, 1.82) is 0 Å². The van der Waals surface area contributed by atoms with Crippen LogP contribution in [0.1, 0.15) is 30.3 Å². The summed E-state index contributed by atoms with van der Waals surface area (Å²) in [4.78, 5) is 25.8. The number of aromatic nitrogens is 1. The van der Waals surface area contributed by atoms with Crippen molar-refractivity contribution in [3.05, 3.63) is 22.4 Å². The van der Waals surface area contributed by atoms with Gasteiger partial charge in [-0.05, 0) is 41.8 Å². The van der Waals surface area contributed by atoms with Crippen LogP contribution < -0.4 is 0 Å². The van der Waals surface area contributed by atoms with E-state index in [2.05, 4.69) is 15.9 Å². The summed E-state index contributed by atoms with van der Waals surface area (Å²) in [6.45, 7) is 3.97. The molecule has 2 rings (SSSR count). The molecule has 1 aliphatic heterocycles. The normalized spacial score (nSPS) is 16.2. The van der Waals surface area contributed by atoms with Crippen molar-refractivity contribution in [2.24, 2.45) is 5.92 Å². The fraction of sp³-hybridized carbons (Fsp3) is 0.571. The summed E-state index contributed by atoms with van der Waals surface area (Å²) >= 11 is 3.40. The van der Waals surface area contributed by atoms with Gasteiger partial charge in [0.15, 0.2) is 0 Å². The number of methoxy groups -OCH3 is 1. The second kappa shape index (κ2) is 6.43. The number of amides is 1. The van der Waals surface area contributed by atoms with Gasteiger partial charge in [-0.2, -0.15) is 0 Å². The first-order valence-corrected chi connectivity index (χ1v) is 7.59. The molecule has 0 saturated carbocycles. The minimum absolute atomic E-state index is 0.0286. The number of hydrogen-bond donors (Lipinski definition) is 0. The summed E-state index contributed by atoms with van der Waals surface area (Å²) in [5.74, 6) is -0.216. The van der Waals surface area contributed by atoms with Gasteiger partial charge in [0.25, 0.3) is 5.91 Å². The molecule has 1 amide bonds. The molecule has 2 heterocycles. The minimum Gasteiger partial charge on any atom is -0.469 e. The molecule has 0 bridgehead atoms. The van der Waals surface area contributed by atoms with Crippen LogP contribution in [-0.4, -0.2) is 41.5 Å². The van der Waals surface area contributed by atoms with Gasteiger partial charge in [-0.3, -0.25) is 9.59 Å². The zero-order valence-corrected chi connectivity index (χ0v) is 13.4. The van der Waals surface area contributed by atoms with Crippen molar-refractivity contribution in [3.63, 3.8) is 0 Å². The summed E-state index contributed by atoms with van der Waals surface area (Å²) in [5, 5.41) is 0. The lowest BCUT2D eigenvalue weighted by atomic mass is 9.97. The molecule has 0 unspecified atom stereocenters. The molecule has 5 nitrogen and oxygen atoms in total. The number of likely N-dealkylation sites (tertiary alicyclic amines) is 1. The Bertz CT molecular complexity index is 505. The molecule has 1 saturated heterocycles. The molecule has 20 heavy (non-hydrogen) atoms. The first-order chi connectivity index (χ1) is 9.56. The summed E-state index contributed by atoms with van der Waals surface area (Å²) in [6, 6.07) is 1.85. The van der Waals surface area contributed by atoms with Crippen LogP contribution >= 0.6 is 15.9 Å². The van der Waals surface area contributed by atoms with Crippen LogP contribution in [0.5, 0.6) is 0 Å². The van der Waals surface area contributed by atoms with E-state index in [9.17, 15) is 9.59 Å². The van der Waals surface area contributed by atoms with E-state index in [-0.39, 0.29) is 17.8 Å². The maximum absolute atomic E-state index is 12.5. The third-order valence-corrected chi connectivity index (χ3v) is 4.17. The highest BCUT2D eigenvalue weighted by Gasteiger charge is 2.29. The number of hydrogen-bond acceptors (Lipinski definition) is 3. The summed E-state index contributed by atoms with van der Waals surface area (Å²) < 4.78 is 7.60. The molecular weight excluding hydrogens is 324 g/mol. The SMILES string of the molecule is CCn1cc(Br)cc1C(=O)N1CCC(C(=O)OC)CC1. The van der Waals surface area contributed by atoms with Crippen molar-refractivity contribution in [3.8, 4) is 0 Å². The van der Waals surface area contributed by atoms with Crippen molar-refractivity contribution in [1.82, 2.24) is 9.47 Å². The number of ether oxygens (including phenoxy) is 1.